The summed E-state index contributed by atoms with van der Waals surface area (Å²) in [5.41, 5.74) is 1.82. The van der Waals surface area contributed by atoms with Crippen LogP contribution in [0.1, 0.15) is 18.4 Å². The maximum atomic E-state index is 12.7. The van der Waals surface area contributed by atoms with Crippen LogP contribution in [0.15, 0.2) is 41.3 Å². The summed E-state index contributed by atoms with van der Waals surface area (Å²) in [6.45, 7) is 2.44. The van der Waals surface area contributed by atoms with E-state index in [1.807, 2.05) is 0 Å². The number of sulfonamides is 1. The monoisotopic (exact) mass is 390 g/mol. The molecule has 1 fully saturated rings. The number of rotatable bonds is 6. The lowest BCUT2D eigenvalue weighted by Crippen LogP contribution is -2.23. The Labute approximate surface area is 158 Å². The average Bonchev–Trinajstić information content (AvgIpc) is 3.09. The van der Waals surface area contributed by atoms with Gasteiger partial charge in [-0.05, 0) is 49.2 Å². The van der Waals surface area contributed by atoms with Gasteiger partial charge in [0, 0.05) is 24.7 Å². The van der Waals surface area contributed by atoms with Crippen LogP contribution >= 0.6 is 0 Å². The first kappa shape index (κ1) is 19.0. The van der Waals surface area contributed by atoms with E-state index in [0.29, 0.717) is 41.4 Å². The predicted octanol–water partition coefficient (Wildman–Crippen LogP) is 2.94. The fourth-order valence-electron chi connectivity index (χ4n) is 3.02. The molecule has 0 spiro atoms. The van der Waals surface area contributed by atoms with Crippen LogP contribution < -0.4 is 19.1 Å². The van der Waals surface area contributed by atoms with Gasteiger partial charge in [0.25, 0.3) is 10.0 Å². The molecule has 27 heavy (non-hydrogen) atoms. The Morgan fingerprint density at radius 3 is 2.22 bits per heavy atom. The van der Waals surface area contributed by atoms with Crippen LogP contribution in [0.4, 0.5) is 11.4 Å². The molecule has 1 aliphatic rings. The molecule has 3 rings (SSSR count). The minimum absolute atomic E-state index is 0.0599. The molecule has 2 aromatic rings. The van der Waals surface area contributed by atoms with Gasteiger partial charge in [0.15, 0.2) is 11.5 Å². The summed E-state index contributed by atoms with van der Waals surface area (Å²) in [5, 5.41) is 0. The first-order valence-corrected chi connectivity index (χ1v) is 10.00. The number of carbonyl (C=O) groups excluding carboxylic acids is 1. The highest BCUT2D eigenvalue weighted by Crippen LogP contribution is 2.34. The van der Waals surface area contributed by atoms with Gasteiger partial charge in [-0.2, -0.15) is 0 Å². The van der Waals surface area contributed by atoms with Crippen LogP contribution in [-0.4, -0.2) is 35.1 Å². The van der Waals surface area contributed by atoms with Gasteiger partial charge in [-0.3, -0.25) is 9.52 Å². The molecule has 1 amide bonds. The molecule has 0 saturated carbocycles. The topological polar surface area (TPSA) is 84.9 Å². The second-order valence-electron chi connectivity index (χ2n) is 6.27. The largest absolute Gasteiger partial charge is 0.493 e. The highest BCUT2D eigenvalue weighted by molar-refractivity contribution is 7.92. The lowest BCUT2D eigenvalue weighted by atomic mass is 10.2. The number of amides is 1. The van der Waals surface area contributed by atoms with E-state index in [4.69, 9.17) is 9.47 Å². The molecular weight excluding hydrogens is 368 g/mol. The molecular formula is C19H22N2O5S. The van der Waals surface area contributed by atoms with Crippen LogP contribution in [-0.2, 0) is 14.8 Å². The van der Waals surface area contributed by atoms with E-state index in [2.05, 4.69) is 4.72 Å². The van der Waals surface area contributed by atoms with Crippen molar-refractivity contribution in [3.63, 3.8) is 0 Å². The molecule has 2 aromatic carbocycles. The number of carbonyl (C=O) groups is 1. The zero-order chi connectivity index (χ0) is 19.6. The minimum Gasteiger partial charge on any atom is -0.493 e. The normalized spacial score (nSPS) is 14.3. The first-order valence-electron chi connectivity index (χ1n) is 8.51. The predicted molar refractivity (Wildman–Crippen MR) is 103 cm³/mol. The molecule has 0 bridgehead atoms. The van der Waals surface area contributed by atoms with Crippen molar-refractivity contribution in [2.75, 3.05) is 30.4 Å². The van der Waals surface area contributed by atoms with E-state index in [1.54, 1.807) is 36.1 Å². The Morgan fingerprint density at radius 1 is 1.04 bits per heavy atom. The van der Waals surface area contributed by atoms with Crippen molar-refractivity contribution in [2.24, 2.45) is 0 Å². The second kappa shape index (κ2) is 7.48. The van der Waals surface area contributed by atoms with E-state index >= 15 is 0 Å². The summed E-state index contributed by atoms with van der Waals surface area (Å²) in [5.74, 6) is 1.02. The van der Waals surface area contributed by atoms with Crippen LogP contribution in [0.25, 0.3) is 0 Å². The third-order valence-corrected chi connectivity index (χ3v) is 5.89. The Morgan fingerprint density at radius 2 is 1.67 bits per heavy atom. The van der Waals surface area contributed by atoms with Gasteiger partial charge in [-0.1, -0.05) is 0 Å². The smallest absolute Gasteiger partial charge is 0.261 e. The molecule has 0 radical (unpaired) electrons. The maximum absolute atomic E-state index is 12.7. The van der Waals surface area contributed by atoms with E-state index in [-0.39, 0.29) is 10.8 Å². The average molecular weight is 390 g/mol. The van der Waals surface area contributed by atoms with Gasteiger partial charge >= 0.3 is 0 Å². The third kappa shape index (κ3) is 3.85. The van der Waals surface area contributed by atoms with Crippen LogP contribution in [0.5, 0.6) is 11.5 Å². The van der Waals surface area contributed by atoms with Crippen molar-refractivity contribution in [1.82, 2.24) is 0 Å². The zero-order valence-electron chi connectivity index (χ0n) is 15.5. The summed E-state index contributed by atoms with van der Waals surface area (Å²) < 4.78 is 38.5. The maximum Gasteiger partial charge on any atom is 0.261 e. The van der Waals surface area contributed by atoms with E-state index in [0.717, 1.165) is 6.42 Å². The van der Waals surface area contributed by atoms with Crippen molar-refractivity contribution < 1.29 is 22.7 Å². The zero-order valence-corrected chi connectivity index (χ0v) is 16.3. The summed E-state index contributed by atoms with van der Waals surface area (Å²) in [6, 6.07) is 9.60. The number of nitrogens with one attached hydrogen (secondary N) is 1. The number of methoxy groups -OCH3 is 2. The summed E-state index contributed by atoms with van der Waals surface area (Å²) in [7, 11) is -0.772. The number of benzene rings is 2. The second-order valence-corrected chi connectivity index (χ2v) is 7.95. The van der Waals surface area contributed by atoms with Gasteiger partial charge in [0.05, 0.1) is 24.8 Å². The van der Waals surface area contributed by atoms with Crippen LogP contribution in [0, 0.1) is 6.92 Å². The van der Waals surface area contributed by atoms with Crippen LogP contribution in [0.2, 0.25) is 0 Å². The molecule has 1 saturated heterocycles. The van der Waals surface area contributed by atoms with Crippen molar-refractivity contribution in [3.8, 4) is 11.5 Å². The Kier molecular flexibility index (Phi) is 5.27. The van der Waals surface area contributed by atoms with Crippen molar-refractivity contribution in [2.45, 2.75) is 24.7 Å². The van der Waals surface area contributed by atoms with Crippen LogP contribution in [0.3, 0.4) is 0 Å². The standard InChI is InChI=1S/C19H22N2O5S/c1-13-11-17(25-2)18(26-3)12-16(13)20-27(23,24)15-8-6-14(7-9-15)21-10-4-5-19(21)22/h6-9,11-12,20H,4-5,10H2,1-3H3. The number of ether oxygens (including phenoxy) is 2. The molecule has 0 aliphatic carbocycles. The molecule has 1 N–H and O–H groups in total. The van der Waals surface area contributed by atoms with E-state index < -0.39 is 10.0 Å². The molecule has 1 heterocycles. The Hall–Kier alpha value is -2.74. The highest BCUT2D eigenvalue weighted by atomic mass is 32.2. The Bertz CT molecular complexity index is 955. The number of hydrogen-bond acceptors (Lipinski definition) is 5. The summed E-state index contributed by atoms with van der Waals surface area (Å²) in [4.78, 5) is 13.6. The van der Waals surface area contributed by atoms with Gasteiger partial charge in [0.1, 0.15) is 0 Å². The van der Waals surface area contributed by atoms with E-state index in [9.17, 15) is 13.2 Å². The number of anilines is 2. The third-order valence-electron chi connectivity index (χ3n) is 4.51. The van der Waals surface area contributed by atoms with Crippen molar-refractivity contribution in [3.05, 3.63) is 42.0 Å². The number of aryl methyl sites for hydroxylation is 1. The lowest BCUT2D eigenvalue weighted by Gasteiger charge is -2.17. The SMILES string of the molecule is COc1cc(C)c(NS(=O)(=O)c2ccc(N3CCCC3=O)cc2)cc1OC. The first-order chi connectivity index (χ1) is 12.9. The van der Waals surface area contributed by atoms with Gasteiger partial charge < -0.3 is 14.4 Å². The van der Waals surface area contributed by atoms with Gasteiger partial charge in [0.2, 0.25) is 5.91 Å². The fourth-order valence-corrected chi connectivity index (χ4v) is 4.14. The summed E-state index contributed by atoms with van der Waals surface area (Å²) >= 11 is 0. The highest BCUT2D eigenvalue weighted by Gasteiger charge is 2.23. The summed E-state index contributed by atoms with van der Waals surface area (Å²) in [6.07, 6.45) is 1.35. The molecule has 8 heteroatoms. The molecule has 7 nitrogen and oxygen atoms in total. The molecule has 0 unspecified atom stereocenters. The quantitative estimate of drug-likeness (QED) is 0.820. The van der Waals surface area contributed by atoms with Crippen molar-refractivity contribution >= 4 is 27.3 Å². The molecule has 144 valence electrons. The molecule has 1 aliphatic heterocycles. The Balaban J connectivity index is 1.86. The fraction of sp³-hybridized carbons (Fsp3) is 0.316. The minimum atomic E-state index is -3.78. The number of hydrogen-bond donors (Lipinski definition) is 1. The van der Waals surface area contributed by atoms with E-state index in [1.165, 1.54) is 26.4 Å². The van der Waals surface area contributed by atoms with Gasteiger partial charge in [-0.25, -0.2) is 8.42 Å². The lowest BCUT2D eigenvalue weighted by molar-refractivity contribution is -0.117. The van der Waals surface area contributed by atoms with Crippen molar-refractivity contribution in [1.29, 1.82) is 0 Å². The van der Waals surface area contributed by atoms with Gasteiger partial charge in [-0.15, -0.1) is 0 Å². The molecule has 0 aromatic heterocycles. The molecule has 0 atom stereocenters. The number of nitrogens with zero attached hydrogens (tertiary/aromatic N) is 1.